The van der Waals surface area contributed by atoms with Crippen molar-refractivity contribution in [2.24, 2.45) is 0 Å². The summed E-state index contributed by atoms with van der Waals surface area (Å²) in [4.78, 5) is 28.2. The molecule has 1 aliphatic rings. The quantitative estimate of drug-likeness (QED) is 0.671. The number of carbonyl (C=O) groups excluding carboxylic acids is 1. The lowest BCUT2D eigenvalue weighted by Crippen LogP contribution is -2.35. The van der Waals surface area contributed by atoms with Crippen LogP contribution in [0.2, 0.25) is 0 Å². The van der Waals surface area contributed by atoms with E-state index in [1.165, 1.54) is 16.9 Å². The van der Waals surface area contributed by atoms with Gasteiger partial charge in [-0.15, -0.1) is 11.3 Å². The zero-order chi connectivity index (χ0) is 19.0. The van der Waals surface area contributed by atoms with Crippen molar-refractivity contribution in [1.29, 1.82) is 0 Å². The van der Waals surface area contributed by atoms with Crippen LogP contribution in [0.5, 0.6) is 0 Å². The summed E-state index contributed by atoms with van der Waals surface area (Å²) in [6, 6.07) is 8.22. The number of aryl methyl sites for hydroxylation is 2. The first-order valence-corrected chi connectivity index (χ1v) is 10.4. The second-order valence-electron chi connectivity index (χ2n) is 6.79. The van der Waals surface area contributed by atoms with Gasteiger partial charge in [-0.1, -0.05) is 18.2 Å². The number of hydrogen-bond acceptors (Lipinski definition) is 5. The summed E-state index contributed by atoms with van der Waals surface area (Å²) in [6.07, 6.45) is 3.64. The van der Waals surface area contributed by atoms with E-state index < -0.39 is 0 Å². The summed E-state index contributed by atoms with van der Waals surface area (Å²) in [5.74, 6) is 1.00. The average Bonchev–Trinajstić information content (AvgIpc) is 3.05. The maximum absolute atomic E-state index is 13.4. The Kier molecular flexibility index (Phi) is 4.83. The summed E-state index contributed by atoms with van der Waals surface area (Å²) < 4.78 is 0. The van der Waals surface area contributed by atoms with Gasteiger partial charge >= 0.3 is 0 Å². The first-order valence-electron chi connectivity index (χ1n) is 9.54. The van der Waals surface area contributed by atoms with Crippen LogP contribution in [0.1, 0.15) is 41.1 Å². The third kappa shape index (κ3) is 2.98. The fourth-order valence-electron chi connectivity index (χ4n) is 3.89. The van der Waals surface area contributed by atoms with Crippen molar-refractivity contribution in [3.63, 3.8) is 0 Å². The lowest BCUT2D eigenvalue weighted by molar-refractivity contribution is 0.0988. The zero-order valence-electron chi connectivity index (χ0n) is 16.0. The van der Waals surface area contributed by atoms with Gasteiger partial charge in [0.2, 0.25) is 0 Å². The van der Waals surface area contributed by atoms with Crippen molar-refractivity contribution >= 4 is 39.0 Å². The molecule has 0 aliphatic carbocycles. The third-order valence-electron chi connectivity index (χ3n) is 5.32. The summed E-state index contributed by atoms with van der Waals surface area (Å²) in [6.45, 7) is 8.78. The molecule has 1 aromatic carbocycles. The lowest BCUT2D eigenvalue weighted by Gasteiger charge is -2.29. The number of anilines is 2. The number of aromatic nitrogens is 2. The highest BCUT2D eigenvalue weighted by molar-refractivity contribution is 7.20. The number of hydrogen-bond donors (Lipinski definition) is 0. The summed E-state index contributed by atoms with van der Waals surface area (Å²) in [5.41, 5.74) is 3.28. The maximum atomic E-state index is 13.4. The van der Waals surface area contributed by atoms with E-state index in [1.54, 1.807) is 6.33 Å². The molecule has 0 N–H and O–H groups in total. The van der Waals surface area contributed by atoms with Gasteiger partial charge in [0.05, 0.1) is 10.3 Å². The van der Waals surface area contributed by atoms with Gasteiger partial charge in [0, 0.05) is 25.3 Å². The number of nitrogens with zero attached hydrogens (tertiary/aromatic N) is 4. The van der Waals surface area contributed by atoms with Gasteiger partial charge in [-0.2, -0.15) is 0 Å². The van der Waals surface area contributed by atoms with Crippen molar-refractivity contribution in [2.75, 3.05) is 29.4 Å². The molecule has 0 saturated carbocycles. The SMILES string of the molecule is CCN(CC)c1ncnc2sc(C(=O)N3CCCc4ccccc43)c(C)c12. The number of thiophene rings is 1. The van der Waals surface area contributed by atoms with Gasteiger partial charge in [0.25, 0.3) is 5.91 Å². The van der Waals surface area contributed by atoms with Gasteiger partial charge in [0.1, 0.15) is 17.0 Å². The van der Waals surface area contributed by atoms with Crippen molar-refractivity contribution < 1.29 is 4.79 Å². The molecule has 3 aromatic rings. The van der Waals surface area contributed by atoms with Crippen LogP contribution < -0.4 is 9.80 Å². The molecule has 6 heteroatoms. The molecule has 3 heterocycles. The van der Waals surface area contributed by atoms with Crippen LogP contribution >= 0.6 is 11.3 Å². The van der Waals surface area contributed by atoms with Gasteiger partial charge in [-0.3, -0.25) is 4.79 Å². The standard InChI is InChI=1S/C21H24N4OS/c1-4-24(5-2)19-17-14(3)18(27-20(17)23-13-22-19)21(26)25-12-8-10-15-9-6-7-11-16(15)25/h6-7,9,11,13H,4-5,8,10,12H2,1-3H3. The van der Waals surface area contributed by atoms with Gasteiger partial charge < -0.3 is 9.80 Å². The second-order valence-corrected chi connectivity index (χ2v) is 7.79. The lowest BCUT2D eigenvalue weighted by atomic mass is 10.0. The highest BCUT2D eigenvalue weighted by atomic mass is 32.1. The summed E-state index contributed by atoms with van der Waals surface area (Å²) in [5, 5.41) is 1.01. The van der Waals surface area contributed by atoms with Crippen molar-refractivity contribution in [2.45, 2.75) is 33.6 Å². The predicted octanol–water partition coefficient (Wildman–Crippen LogP) is 4.44. The largest absolute Gasteiger partial charge is 0.357 e. The summed E-state index contributed by atoms with van der Waals surface area (Å²) in [7, 11) is 0. The van der Waals surface area contributed by atoms with Gasteiger partial charge in [0.15, 0.2) is 0 Å². The van der Waals surface area contributed by atoms with E-state index in [-0.39, 0.29) is 5.91 Å². The highest BCUT2D eigenvalue weighted by Crippen LogP contribution is 2.37. The zero-order valence-corrected chi connectivity index (χ0v) is 16.8. The van der Waals surface area contributed by atoms with Gasteiger partial charge in [-0.05, 0) is 50.8 Å². The number of rotatable bonds is 4. The van der Waals surface area contributed by atoms with E-state index in [2.05, 4.69) is 40.8 Å². The Hall–Kier alpha value is -2.47. The predicted molar refractivity (Wildman–Crippen MR) is 112 cm³/mol. The maximum Gasteiger partial charge on any atom is 0.268 e. The van der Waals surface area contributed by atoms with Crippen molar-refractivity contribution in [3.8, 4) is 0 Å². The van der Waals surface area contributed by atoms with Gasteiger partial charge in [-0.25, -0.2) is 9.97 Å². The Balaban J connectivity index is 1.80. The Bertz CT molecular complexity index is 993. The number of amides is 1. The molecule has 0 atom stereocenters. The topological polar surface area (TPSA) is 49.3 Å². The summed E-state index contributed by atoms with van der Waals surface area (Å²) >= 11 is 1.48. The fourth-order valence-corrected chi connectivity index (χ4v) is 4.98. The smallest absolute Gasteiger partial charge is 0.268 e. The molecule has 0 saturated heterocycles. The number of para-hydroxylation sites is 1. The molecule has 0 unspecified atom stereocenters. The van der Waals surface area contributed by atoms with E-state index in [9.17, 15) is 4.79 Å². The van der Waals surface area contributed by atoms with E-state index >= 15 is 0 Å². The molecule has 0 fully saturated rings. The minimum atomic E-state index is 0.0770. The van der Waals surface area contributed by atoms with Crippen LogP contribution in [0.15, 0.2) is 30.6 Å². The number of fused-ring (bicyclic) bond motifs is 2. The molecule has 1 amide bonds. The van der Waals surface area contributed by atoms with E-state index in [0.717, 1.165) is 64.6 Å². The van der Waals surface area contributed by atoms with Crippen molar-refractivity contribution in [3.05, 3.63) is 46.6 Å². The van der Waals surface area contributed by atoms with E-state index in [0.29, 0.717) is 0 Å². The number of benzene rings is 1. The molecule has 0 spiro atoms. The van der Waals surface area contributed by atoms with Crippen LogP contribution in [-0.2, 0) is 6.42 Å². The molecule has 5 nitrogen and oxygen atoms in total. The monoisotopic (exact) mass is 380 g/mol. The number of carbonyl (C=O) groups is 1. The van der Waals surface area contributed by atoms with Crippen LogP contribution in [-0.4, -0.2) is 35.5 Å². The third-order valence-corrected chi connectivity index (χ3v) is 6.51. The molecule has 27 heavy (non-hydrogen) atoms. The normalized spacial score (nSPS) is 13.7. The molecule has 2 aromatic heterocycles. The fraction of sp³-hybridized carbons (Fsp3) is 0.381. The average molecular weight is 381 g/mol. The molecule has 0 bridgehead atoms. The Morgan fingerprint density at radius 1 is 1.22 bits per heavy atom. The van der Waals surface area contributed by atoms with Crippen LogP contribution in [0.3, 0.4) is 0 Å². The van der Waals surface area contributed by atoms with Crippen molar-refractivity contribution in [1.82, 2.24) is 9.97 Å². The van der Waals surface area contributed by atoms with Crippen LogP contribution in [0, 0.1) is 6.92 Å². The molecule has 1 aliphatic heterocycles. The van der Waals surface area contributed by atoms with Crippen LogP contribution in [0.4, 0.5) is 11.5 Å². The first-order chi connectivity index (χ1) is 13.2. The Morgan fingerprint density at radius 2 is 2.00 bits per heavy atom. The molecule has 4 rings (SSSR count). The highest BCUT2D eigenvalue weighted by Gasteiger charge is 2.28. The first kappa shape index (κ1) is 17.9. The minimum Gasteiger partial charge on any atom is -0.357 e. The Morgan fingerprint density at radius 3 is 2.78 bits per heavy atom. The molecule has 140 valence electrons. The second kappa shape index (κ2) is 7.27. The van der Waals surface area contributed by atoms with E-state index in [4.69, 9.17) is 0 Å². The van der Waals surface area contributed by atoms with E-state index in [1.807, 2.05) is 24.0 Å². The molecular formula is C21H24N4OS. The Labute approximate surface area is 163 Å². The molecular weight excluding hydrogens is 356 g/mol. The molecule has 0 radical (unpaired) electrons. The van der Waals surface area contributed by atoms with Crippen LogP contribution in [0.25, 0.3) is 10.2 Å². The minimum absolute atomic E-state index is 0.0770.